The van der Waals surface area contributed by atoms with E-state index in [2.05, 4.69) is 0 Å². The predicted octanol–water partition coefficient (Wildman–Crippen LogP) is 1.97. The summed E-state index contributed by atoms with van der Waals surface area (Å²) in [6, 6.07) is 4.44. The molecule has 0 unspecified atom stereocenters. The number of methoxy groups -OCH3 is 1. The standard InChI is InChI=1S/C29H32O10/c1-12-7-14(8-13(2)24(12)32)39-18-10-29(37,19(31)11-30)9-16-21(18)28(36)23-22(26(16)34)25(33)15-5-4-6-17(38-3)20(15)27(23)35/h4-6,12-14,18,24,30,32,34,36-37H,7-11H2,1-3H3/t12-,13+,14-,18-,24-,29-/m1/s1. The molecule has 0 spiro atoms. The molecule has 3 aliphatic carbocycles. The van der Waals surface area contributed by atoms with Crippen molar-refractivity contribution >= 4 is 17.3 Å². The number of hydrogen-bond acceptors (Lipinski definition) is 10. The Balaban J connectivity index is 1.69. The van der Waals surface area contributed by atoms with E-state index in [9.17, 15) is 39.9 Å². The second-order valence-electron chi connectivity index (χ2n) is 11.0. The lowest BCUT2D eigenvalue weighted by Crippen LogP contribution is -2.48. The number of aliphatic hydroxyl groups is 3. The summed E-state index contributed by atoms with van der Waals surface area (Å²) >= 11 is 0. The number of aliphatic hydroxyl groups excluding tert-OH is 2. The Morgan fingerprint density at radius 1 is 1.03 bits per heavy atom. The number of ether oxygens (including phenoxy) is 2. The molecular formula is C29H32O10. The van der Waals surface area contributed by atoms with Crippen molar-refractivity contribution in [1.82, 2.24) is 0 Å². The van der Waals surface area contributed by atoms with Crippen molar-refractivity contribution in [1.29, 1.82) is 0 Å². The maximum absolute atomic E-state index is 13.7. The summed E-state index contributed by atoms with van der Waals surface area (Å²) in [5.74, 6) is -3.64. The molecule has 10 nitrogen and oxygen atoms in total. The molecule has 5 N–H and O–H groups in total. The molecule has 0 aromatic heterocycles. The van der Waals surface area contributed by atoms with Crippen LogP contribution in [0.5, 0.6) is 17.2 Å². The van der Waals surface area contributed by atoms with E-state index in [1.807, 2.05) is 13.8 Å². The maximum Gasteiger partial charge on any atom is 0.202 e. The first-order valence-electron chi connectivity index (χ1n) is 13.0. The molecule has 0 heterocycles. The van der Waals surface area contributed by atoms with Crippen LogP contribution in [-0.2, 0) is 16.0 Å². The van der Waals surface area contributed by atoms with Crippen molar-refractivity contribution in [2.45, 2.75) is 63.4 Å². The van der Waals surface area contributed by atoms with Gasteiger partial charge in [0.25, 0.3) is 0 Å². The van der Waals surface area contributed by atoms with Gasteiger partial charge in [-0.1, -0.05) is 26.0 Å². The lowest BCUT2D eigenvalue weighted by atomic mass is 9.71. The number of benzene rings is 2. The quantitative estimate of drug-likeness (QED) is 0.301. The van der Waals surface area contributed by atoms with Crippen molar-refractivity contribution in [3.05, 3.63) is 51.6 Å². The van der Waals surface area contributed by atoms with E-state index in [-0.39, 0.29) is 46.3 Å². The lowest BCUT2D eigenvalue weighted by Gasteiger charge is -2.42. The first kappa shape index (κ1) is 27.3. The number of phenols is 2. The smallest absolute Gasteiger partial charge is 0.202 e. The predicted molar refractivity (Wildman–Crippen MR) is 136 cm³/mol. The minimum Gasteiger partial charge on any atom is -0.507 e. The van der Waals surface area contributed by atoms with Crippen molar-refractivity contribution in [3.8, 4) is 17.2 Å². The Hall–Kier alpha value is -3.31. The molecular weight excluding hydrogens is 508 g/mol. The van der Waals surface area contributed by atoms with Gasteiger partial charge in [-0.15, -0.1) is 0 Å². The summed E-state index contributed by atoms with van der Waals surface area (Å²) in [5, 5.41) is 54.2. The highest BCUT2D eigenvalue weighted by Crippen LogP contribution is 2.52. The third-order valence-corrected chi connectivity index (χ3v) is 8.53. The first-order valence-corrected chi connectivity index (χ1v) is 13.0. The fraction of sp³-hybridized carbons (Fsp3) is 0.483. The minimum atomic E-state index is -2.15. The third-order valence-electron chi connectivity index (χ3n) is 8.53. The van der Waals surface area contributed by atoms with Crippen LogP contribution in [0, 0.1) is 11.8 Å². The topological polar surface area (TPSA) is 171 Å². The van der Waals surface area contributed by atoms with Crippen molar-refractivity contribution in [3.63, 3.8) is 0 Å². The molecule has 6 atom stereocenters. The summed E-state index contributed by atoms with van der Waals surface area (Å²) in [6.45, 7) is 2.79. The molecule has 2 aromatic carbocycles. The summed E-state index contributed by atoms with van der Waals surface area (Å²) < 4.78 is 11.6. The zero-order chi connectivity index (χ0) is 28.4. The number of Topliss-reactive ketones (excluding diaryl/α,β-unsaturated/α-hetero) is 1. The third kappa shape index (κ3) is 4.13. The molecule has 0 bridgehead atoms. The van der Waals surface area contributed by atoms with Gasteiger partial charge in [-0.05, 0) is 30.7 Å². The van der Waals surface area contributed by atoms with Crippen LogP contribution in [0.2, 0.25) is 0 Å². The van der Waals surface area contributed by atoms with Gasteiger partial charge in [0.2, 0.25) is 5.78 Å². The fourth-order valence-corrected chi connectivity index (χ4v) is 6.50. The molecule has 39 heavy (non-hydrogen) atoms. The van der Waals surface area contributed by atoms with Crippen molar-refractivity contribution < 1.29 is 49.4 Å². The number of hydrogen-bond donors (Lipinski definition) is 5. The molecule has 0 radical (unpaired) electrons. The van der Waals surface area contributed by atoms with E-state index in [4.69, 9.17) is 9.47 Å². The average molecular weight is 541 g/mol. The molecule has 5 rings (SSSR count). The second-order valence-corrected chi connectivity index (χ2v) is 11.0. The second kappa shape index (κ2) is 9.71. The Labute approximate surface area is 224 Å². The number of ketones is 3. The van der Waals surface area contributed by atoms with Crippen LogP contribution in [0.1, 0.15) is 82.2 Å². The highest BCUT2D eigenvalue weighted by atomic mass is 16.5. The van der Waals surface area contributed by atoms with Gasteiger partial charge in [0, 0.05) is 29.5 Å². The Kier molecular flexibility index (Phi) is 6.79. The number of aromatic hydroxyl groups is 2. The van der Waals surface area contributed by atoms with E-state index in [1.54, 1.807) is 0 Å². The largest absolute Gasteiger partial charge is 0.507 e. The molecule has 0 aliphatic heterocycles. The Morgan fingerprint density at radius 3 is 2.28 bits per heavy atom. The summed E-state index contributed by atoms with van der Waals surface area (Å²) in [7, 11) is 1.35. The van der Waals surface area contributed by atoms with Crippen LogP contribution in [0.3, 0.4) is 0 Å². The number of fused-ring (bicyclic) bond motifs is 3. The molecule has 0 amide bonds. The zero-order valence-electron chi connectivity index (χ0n) is 21.9. The van der Waals surface area contributed by atoms with Crippen LogP contribution >= 0.6 is 0 Å². The number of rotatable bonds is 5. The lowest BCUT2D eigenvalue weighted by molar-refractivity contribution is -0.152. The molecule has 0 saturated heterocycles. The van der Waals surface area contributed by atoms with Gasteiger partial charge in [0.15, 0.2) is 11.6 Å². The zero-order valence-corrected chi connectivity index (χ0v) is 21.9. The van der Waals surface area contributed by atoms with Crippen molar-refractivity contribution in [2.75, 3.05) is 13.7 Å². The number of carbonyl (C=O) groups excluding carboxylic acids is 3. The number of phenolic OH excluding ortho intramolecular Hbond substituents is 2. The molecule has 1 saturated carbocycles. The van der Waals surface area contributed by atoms with E-state index in [0.717, 1.165) is 0 Å². The fourth-order valence-electron chi connectivity index (χ4n) is 6.50. The monoisotopic (exact) mass is 540 g/mol. The first-order chi connectivity index (χ1) is 18.4. The van der Waals surface area contributed by atoms with Crippen LogP contribution in [0.4, 0.5) is 0 Å². The van der Waals surface area contributed by atoms with Gasteiger partial charge < -0.3 is 35.0 Å². The minimum absolute atomic E-state index is 0.00703. The van der Waals surface area contributed by atoms with Gasteiger partial charge >= 0.3 is 0 Å². The van der Waals surface area contributed by atoms with Gasteiger partial charge in [-0.2, -0.15) is 0 Å². The Bertz CT molecular complexity index is 1370. The van der Waals surface area contributed by atoms with Gasteiger partial charge in [-0.25, -0.2) is 0 Å². The summed E-state index contributed by atoms with van der Waals surface area (Å²) in [6.07, 6.45) is -2.05. The van der Waals surface area contributed by atoms with Gasteiger partial charge in [-0.3, -0.25) is 14.4 Å². The summed E-state index contributed by atoms with van der Waals surface area (Å²) in [5.41, 5.74) is -3.14. The van der Waals surface area contributed by atoms with Gasteiger partial charge in [0.1, 0.15) is 29.5 Å². The van der Waals surface area contributed by atoms with E-state index >= 15 is 0 Å². The molecule has 1 fully saturated rings. The maximum atomic E-state index is 13.7. The molecule has 3 aliphatic rings. The molecule has 208 valence electrons. The highest BCUT2D eigenvalue weighted by Gasteiger charge is 2.50. The van der Waals surface area contributed by atoms with Crippen LogP contribution in [0.15, 0.2) is 18.2 Å². The van der Waals surface area contributed by atoms with E-state index < -0.39 is 76.9 Å². The van der Waals surface area contributed by atoms with Gasteiger partial charge in [0.05, 0.1) is 42.1 Å². The number of carbonyl (C=O) groups is 3. The highest BCUT2D eigenvalue weighted by molar-refractivity contribution is 6.31. The Morgan fingerprint density at radius 2 is 1.67 bits per heavy atom. The van der Waals surface area contributed by atoms with Crippen LogP contribution in [-0.4, -0.2) is 74.4 Å². The van der Waals surface area contributed by atoms with Crippen LogP contribution < -0.4 is 4.74 Å². The molecule has 2 aromatic rings. The summed E-state index contributed by atoms with van der Waals surface area (Å²) in [4.78, 5) is 39.9. The van der Waals surface area contributed by atoms with E-state index in [1.165, 1.54) is 25.3 Å². The average Bonchev–Trinajstić information content (AvgIpc) is 2.90. The van der Waals surface area contributed by atoms with Crippen LogP contribution in [0.25, 0.3) is 0 Å². The normalized spacial score (nSPS) is 29.8. The van der Waals surface area contributed by atoms with E-state index in [0.29, 0.717) is 12.8 Å². The molecule has 10 heteroatoms. The SMILES string of the molecule is COc1cccc2c1C(=O)c1c(O)c3c(c(O)c1C2=O)C[C@](O)(C(=O)CO)C[C@H]3O[C@@H]1C[C@@H](C)[C@@H](O)[C@@H](C)C1. The van der Waals surface area contributed by atoms with Crippen molar-refractivity contribution in [2.24, 2.45) is 11.8 Å².